The SMILES string of the molecule is Cc1cc2c(cc1NC(C)C)C1(OC(=O)c3cccnc31)c1ccc(N(c3ccccc3)c3ccccc3)cc1O2. The fourth-order valence-electron chi connectivity index (χ4n) is 5.86. The quantitative estimate of drug-likeness (QED) is 0.227. The lowest BCUT2D eigenvalue weighted by Crippen LogP contribution is -2.34. The first kappa shape index (κ1) is 24.9. The van der Waals surface area contributed by atoms with Gasteiger partial charge in [-0.1, -0.05) is 36.4 Å². The number of aromatic nitrogens is 1. The lowest BCUT2D eigenvalue weighted by molar-refractivity contribution is 0.0215. The van der Waals surface area contributed by atoms with Gasteiger partial charge in [-0.15, -0.1) is 0 Å². The van der Waals surface area contributed by atoms with Gasteiger partial charge in [-0.3, -0.25) is 4.98 Å². The number of fused-ring (bicyclic) bond motifs is 6. The molecule has 0 radical (unpaired) electrons. The zero-order valence-corrected chi connectivity index (χ0v) is 23.1. The summed E-state index contributed by atoms with van der Waals surface area (Å²) in [7, 11) is 0. The van der Waals surface area contributed by atoms with Gasteiger partial charge < -0.3 is 19.7 Å². The number of pyridine rings is 1. The zero-order chi connectivity index (χ0) is 28.1. The van der Waals surface area contributed by atoms with Gasteiger partial charge in [-0.2, -0.15) is 0 Å². The Balaban J connectivity index is 1.46. The molecule has 1 atom stereocenters. The molecule has 7 rings (SSSR count). The van der Waals surface area contributed by atoms with Crippen molar-refractivity contribution in [2.75, 3.05) is 10.2 Å². The number of rotatable bonds is 5. The Hall–Kier alpha value is -5.10. The highest BCUT2D eigenvalue weighted by Gasteiger charge is 2.55. The molecule has 0 saturated carbocycles. The molecule has 3 heterocycles. The van der Waals surface area contributed by atoms with Crippen LogP contribution < -0.4 is 15.0 Å². The molecule has 1 spiro atoms. The van der Waals surface area contributed by atoms with Crippen LogP contribution in [-0.2, 0) is 10.3 Å². The molecular formula is C35H29N3O3. The number of benzene rings is 4. The molecule has 6 heteroatoms. The van der Waals surface area contributed by atoms with Gasteiger partial charge in [0, 0.05) is 46.6 Å². The maximum atomic E-state index is 13.3. The Morgan fingerprint density at radius 1 is 0.780 bits per heavy atom. The van der Waals surface area contributed by atoms with E-state index < -0.39 is 11.6 Å². The fraction of sp³-hybridized carbons (Fsp3) is 0.143. The second-order valence-corrected chi connectivity index (χ2v) is 10.7. The minimum Gasteiger partial charge on any atom is -0.456 e. The minimum absolute atomic E-state index is 0.223. The minimum atomic E-state index is -1.24. The Bertz CT molecular complexity index is 1750. The number of nitrogens with zero attached hydrogens (tertiary/aromatic N) is 2. The van der Waals surface area contributed by atoms with E-state index in [1.807, 2.05) is 73.7 Å². The van der Waals surface area contributed by atoms with Crippen LogP contribution in [0.15, 0.2) is 109 Å². The maximum absolute atomic E-state index is 13.3. The molecule has 4 aromatic carbocycles. The average molecular weight is 540 g/mol. The standard InChI is InChI=1S/C35H29N3O3/c1-22(2)37-30-21-29-31(19-23(30)3)40-32-20-26(38(24-11-6-4-7-12-24)25-13-8-5-9-14-25)16-17-28(32)35(29)33-27(34(39)41-35)15-10-18-36-33/h4-22,37H,1-3H3. The van der Waals surface area contributed by atoms with Crippen molar-refractivity contribution >= 4 is 28.7 Å². The number of ether oxygens (including phenoxy) is 2. The monoisotopic (exact) mass is 539 g/mol. The van der Waals surface area contributed by atoms with Gasteiger partial charge in [-0.05, 0) is 87.0 Å². The summed E-state index contributed by atoms with van der Waals surface area (Å²) in [6.45, 7) is 6.24. The van der Waals surface area contributed by atoms with Gasteiger partial charge in [0.2, 0.25) is 5.60 Å². The van der Waals surface area contributed by atoms with Crippen molar-refractivity contribution in [2.45, 2.75) is 32.4 Å². The van der Waals surface area contributed by atoms with E-state index in [9.17, 15) is 4.79 Å². The Morgan fingerprint density at radius 2 is 1.46 bits per heavy atom. The molecule has 5 aromatic rings. The third kappa shape index (κ3) is 3.94. The summed E-state index contributed by atoms with van der Waals surface area (Å²) in [5, 5.41) is 3.53. The topological polar surface area (TPSA) is 63.7 Å². The molecule has 0 fully saturated rings. The van der Waals surface area contributed by atoms with Crippen molar-refractivity contribution in [3.8, 4) is 11.5 Å². The number of esters is 1. The lowest BCUT2D eigenvalue weighted by Gasteiger charge is -2.37. The van der Waals surface area contributed by atoms with E-state index in [1.54, 1.807) is 18.3 Å². The number of carbonyl (C=O) groups is 1. The molecule has 0 saturated heterocycles. The second-order valence-electron chi connectivity index (χ2n) is 10.7. The van der Waals surface area contributed by atoms with Crippen molar-refractivity contribution in [1.29, 1.82) is 0 Å². The molecular weight excluding hydrogens is 510 g/mol. The first-order chi connectivity index (χ1) is 20.0. The summed E-state index contributed by atoms with van der Waals surface area (Å²) in [5.41, 5.74) is 6.24. The van der Waals surface area contributed by atoms with Crippen LogP contribution in [0.1, 0.15) is 46.6 Å². The maximum Gasteiger partial charge on any atom is 0.341 e. The van der Waals surface area contributed by atoms with Gasteiger partial charge in [0.15, 0.2) is 0 Å². The average Bonchev–Trinajstić information content (AvgIpc) is 3.28. The first-order valence-corrected chi connectivity index (χ1v) is 13.8. The van der Waals surface area contributed by atoms with E-state index in [1.165, 1.54) is 0 Å². The van der Waals surface area contributed by atoms with Crippen molar-refractivity contribution in [3.63, 3.8) is 0 Å². The fourth-order valence-corrected chi connectivity index (χ4v) is 5.86. The molecule has 2 aliphatic heterocycles. The Labute approximate surface area is 239 Å². The highest BCUT2D eigenvalue weighted by Crippen LogP contribution is 2.57. The van der Waals surface area contributed by atoms with Crippen LogP contribution in [0.2, 0.25) is 0 Å². The number of carbonyl (C=O) groups excluding carboxylic acids is 1. The predicted octanol–water partition coefficient (Wildman–Crippen LogP) is 8.25. The van der Waals surface area contributed by atoms with Crippen molar-refractivity contribution in [1.82, 2.24) is 4.98 Å². The predicted molar refractivity (Wildman–Crippen MR) is 161 cm³/mol. The molecule has 0 bridgehead atoms. The van der Waals surface area contributed by atoms with Crippen LogP contribution in [0.3, 0.4) is 0 Å². The van der Waals surface area contributed by atoms with Gasteiger partial charge in [-0.25, -0.2) is 4.79 Å². The van der Waals surface area contributed by atoms with Crippen molar-refractivity contribution < 1.29 is 14.3 Å². The Kier molecular flexibility index (Phi) is 5.78. The third-order valence-corrected chi connectivity index (χ3v) is 7.61. The summed E-state index contributed by atoms with van der Waals surface area (Å²) < 4.78 is 13.0. The molecule has 2 aliphatic rings. The number of para-hydroxylation sites is 2. The summed E-state index contributed by atoms with van der Waals surface area (Å²) in [4.78, 5) is 20.2. The smallest absolute Gasteiger partial charge is 0.341 e. The molecule has 1 N–H and O–H groups in total. The Morgan fingerprint density at radius 3 is 2.15 bits per heavy atom. The molecule has 1 aromatic heterocycles. The van der Waals surface area contributed by atoms with Crippen LogP contribution >= 0.6 is 0 Å². The number of aryl methyl sites for hydroxylation is 1. The summed E-state index contributed by atoms with van der Waals surface area (Å²) in [6.07, 6.45) is 1.71. The molecule has 0 aliphatic carbocycles. The number of hydrogen-bond donors (Lipinski definition) is 1. The second kappa shape index (κ2) is 9.52. The molecule has 0 amide bonds. The van der Waals surface area contributed by atoms with E-state index in [4.69, 9.17) is 14.5 Å². The normalized spacial score (nSPS) is 16.4. The van der Waals surface area contributed by atoms with E-state index in [2.05, 4.69) is 48.3 Å². The van der Waals surface area contributed by atoms with Crippen LogP contribution in [-0.4, -0.2) is 17.0 Å². The highest BCUT2D eigenvalue weighted by atomic mass is 16.6. The van der Waals surface area contributed by atoms with Gasteiger partial charge in [0.1, 0.15) is 17.2 Å². The van der Waals surface area contributed by atoms with Crippen LogP contribution in [0, 0.1) is 6.92 Å². The first-order valence-electron chi connectivity index (χ1n) is 13.8. The van der Waals surface area contributed by atoms with E-state index in [0.717, 1.165) is 39.4 Å². The van der Waals surface area contributed by atoms with Crippen LogP contribution in [0.4, 0.5) is 22.7 Å². The largest absolute Gasteiger partial charge is 0.456 e. The van der Waals surface area contributed by atoms with Gasteiger partial charge >= 0.3 is 5.97 Å². The molecule has 1 unspecified atom stereocenters. The van der Waals surface area contributed by atoms with Gasteiger partial charge in [0.25, 0.3) is 0 Å². The molecule has 202 valence electrons. The molecule has 6 nitrogen and oxygen atoms in total. The summed E-state index contributed by atoms with van der Waals surface area (Å²) >= 11 is 0. The van der Waals surface area contributed by atoms with Crippen LogP contribution in [0.25, 0.3) is 0 Å². The van der Waals surface area contributed by atoms with E-state index in [-0.39, 0.29) is 6.04 Å². The van der Waals surface area contributed by atoms with Gasteiger partial charge in [0.05, 0.1) is 11.1 Å². The summed E-state index contributed by atoms with van der Waals surface area (Å²) in [6, 6.07) is 34.3. The zero-order valence-electron chi connectivity index (χ0n) is 23.1. The lowest BCUT2D eigenvalue weighted by atomic mass is 9.79. The van der Waals surface area contributed by atoms with Crippen molar-refractivity contribution in [3.05, 3.63) is 137 Å². The van der Waals surface area contributed by atoms with E-state index >= 15 is 0 Å². The van der Waals surface area contributed by atoms with Crippen LogP contribution in [0.5, 0.6) is 11.5 Å². The highest BCUT2D eigenvalue weighted by molar-refractivity contribution is 5.96. The summed E-state index contributed by atoms with van der Waals surface area (Å²) in [5.74, 6) is 0.853. The van der Waals surface area contributed by atoms with E-state index in [0.29, 0.717) is 22.8 Å². The number of hydrogen-bond acceptors (Lipinski definition) is 6. The number of anilines is 4. The third-order valence-electron chi connectivity index (χ3n) is 7.61. The molecule has 41 heavy (non-hydrogen) atoms. The van der Waals surface area contributed by atoms with Crippen molar-refractivity contribution in [2.24, 2.45) is 0 Å². The number of nitrogens with one attached hydrogen (secondary N) is 1.